The predicted octanol–water partition coefficient (Wildman–Crippen LogP) is 3.07. The highest BCUT2D eigenvalue weighted by Gasteiger charge is 2.10. The SMILES string of the molecule is Cn1cc(C(=O)Nc2ccn(Cc3cccc4ccccc34)n2)cn1. The largest absolute Gasteiger partial charge is 0.305 e. The molecule has 0 radical (unpaired) electrons. The molecule has 124 valence electrons. The topological polar surface area (TPSA) is 64.7 Å². The van der Waals surface area contributed by atoms with E-state index in [1.165, 1.54) is 22.5 Å². The molecule has 0 saturated heterocycles. The van der Waals surface area contributed by atoms with Gasteiger partial charge in [-0.25, -0.2) is 0 Å². The van der Waals surface area contributed by atoms with Crippen molar-refractivity contribution in [3.63, 3.8) is 0 Å². The Labute approximate surface area is 144 Å². The first-order chi connectivity index (χ1) is 12.2. The van der Waals surface area contributed by atoms with Gasteiger partial charge < -0.3 is 5.32 Å². The average molecular weight is 331 g/mol. The number of anilines is 1. The Hall–Kier alpha value is -3.41. The number of amides is 1. The molecule has 0 saturated carbocycles. The normalized spacial score (nSPS) is 10.9. The highest BCUT2D eigenvalue weighted by atomic mass is 16.1. The Kier molecular flexibility index (Phi) is 3.78. The van der Waals surface area contributed by atoms with Crippen molar-refractivity contribution in [2.24, 2.45) is 7.05 Å². The number of nitrogens with zero attached hydrogens (tertiary/aromatic N) is 4. The van der Waals surface area contributed by atoms with Crippen LogP contribution in [0, 0.1) is 0 Å². The zero-order valence-corrected chi connectivity index (χ0v) is 13.8. The van der Waals surface area contributed by atoms with E-state index in [1.54, 1.807) is 24.0 Å². The Balaban J connectivity index is 1.52. The molecule has 0 fully saturated rings. The fourth-order valence-corrected chi connectivity index (χ4v) is 2.85. The monoisotopic (exact) mass is 331 g/mol. The van der Waals surface area contributed by atoms with E-state index in [0.29, 0.717) is 17.9 Å². The molecule has 2 heterocycles. The number of hydrogen-bond donors (Lipinski definition) is 1. The average Bonchev–Trinajstić information content (AvgIpc) is 3.24. The number of carbonyl (C=O) groups excluding carboxylic acids is 1. The van der Waals surface area contributed by atoms with E-state index in [4.69, 9.17) is 0 Å². The van der Waals surface area contributed by atoms with Gasteiger partial charge in [0.1, 0.15) is 0 Å². The molecule has 2 aromatic heterocycles. The number of fused-ring (bicyclic) bond motifs is 1. The molecule has 0 spiro atoms. The zero-order chi connectivity index (χ0) is 17.2. The number of aryl methyl sites for hydroxylation is 1. The van der Waals surface area contributed by atoms with Crippen molar-refractivity contribution in [2.45, 2.75) is 6.54 Å². The number of rotatable bonds is 4. The van der Waals surface area contributed by atoms with Gasteiger partial charge in [-0.05, 0) is 16.3 Å². The van der Waals surface area contributed by atoms with Crippen molar-refractivity contribution in [1.29, 1.82) is 0 Å². The molecule has 1 N–H and O–H groups in total. The van der Waals surface area contributed by atoms with Crippen LogP contribution in [0.2, 0.25) is 0 Å². The van der Waals surface area contributed by atoms with E-state index >= 15 is 0 Å². The summed E-state index contributed by atoms with van der Waals surface area (Å²) in [4.78, 5) is 12.2. The number of carbonyl (C=O) groups is 1. The first-order valence-electron chi connectivity index (χ1n) is 7.99. The van der Waals surface area contributed by atoms with Crippen molar-refractivity contribution >= 4 is 22.5 Å². The summed E-state index contributed by atoms with van der Waals surface area (Å²) in [6, 6.07) is 16.3. The molecule has 0 aliphatic rings. The number of aromatic nitrogens is 4. The van der Waals surface area contributed by atoms with Gasteiger partial charge in [-0.3, -0.25) is 14.2 Å². The second-order valence-corrected chi connectivity index (χ2v) is 5.89. The Morgan fingerprint density at radius 3 is 2.80 bits per heavy atom. The smallest absolute Gasteiger partial charge is 0.260 e. The molecule has 0 atom stereocenters. The first kappa shape index (κ1) is 15.1. The van der Waals surface area contributed by atoms with Crippen LogP contribution in [0.5, 0.6) is 0 Å². The fraction of sp³-hybridized carbons (Fsp3) is 0.105. The van der Waals surface area contributed by atoms with E-state index in [1.807, 2.05) is 29.1 Å². The number of benzene rings is 2. The lowest BCUT2D eigenvalue weighted by Gasteiger charge is -2.06. The molecule has 6 heteroatoms. The lowest BCUT2D eigenvalue weighted by atomic mass is 10.0. The van der Waals surface area contributed by atoms with E-state index < -0.39 is 0 Å². The van der Waals surface area contributed by atoms with Gasteiger partial charge in [0.2, 0.25) is 0 Å². The maximum Gasteiger partial charge on any atom is 0.260 e. The molecule has 0 aliphatic carbocycles. The number of hydrogen-bond acceptors (Lipinski definition) is 3. The lowest BCUT2D eigenvalue weighted by Crippen LogP contribution is -2.12. The molecule has 2 aromatic carbocycles. The molecule has 4 aromatic rings. The van der Waals surface area contributed by atoms with E-state index in [0.717, 1.165) is 0 Å². The molecule has 0 unspecified atom stereocenters. The summed E-state index contributed by atoms with van der Waals surface area (Å²) >= 11 is 0. The summed E-state index contributed by atoms with van der Waals surface area (Å²) < 4.78 is 3.41. The summed E-state index contributed by atoms with van der Waals surface area (Å²) in [6.07, 6.45) is 5.06. The minimum atomic E-state index is -0.219. The number of nitrogens with one attached hydrogen (secondary N) is 1. The van der Waals surface area contributed by atoms with Crippen LogP contribution in [0.3, 0.4) is 0 Å². The van der Waals surface area contributed by atoms with Crippen molar-refractivity contribution in [3.8, 4) is 0 Å². The molecule has 0 bridgehead atoms. The summed E-state index contributed by atoms with van der Waals surface area (Å²) in [7, 11) is 1.77. The first-order valence-corrected chi connectivity index (χ1v) is 7.99. The van der Waals surface area contributed by atoms with Crippen LogP contribution in [0.4, 0.5) is 5.82 Å². The van der Waals surface area contributed by atoms with E-state index in [9.17, 15) is 4.79 Å². The third-order valence-electron chi connectivity index (χ3n) is 4.06. The summed E-state index contributed by atoms with van der Waals surface area (Å²) in [5, 5.41) is 13.6. The van der Waals surface area contributed by atoms with Crippen molar-refractivity contribution in [2.75, 3.05) is 5.32 Å². The van der Waals surface area contributed by atoms with Crippen molar-refractivity contribution in [1.82, 2.24) is 19.6 Å². The zero-order valence-electron chi connectivity index (χ0n) is 13.8. The highest BCUT2D eigenvalue weighted by molar-refractivity contribution is 6.03. The van der Waals surface area contributed by atoms with Gasteiger partial charge in [0.25, 0.3) is 5.91 Å². The lowest BCUT2D eigenvalue weighted by molar-refractivity contribution is 0.102. The maximum atomic E-state index is 12.2. The Morgan fingerprint density at radius 1 is 1.12 bits per heavy atom. The van der Waals surface area contributed by atoms with E-state index in [-0.39, 0.29) is 5.91 Å². The van der Waals surface area contributed by atoms with Crippen LogP contribution in [0.1, 0.15) is 15.9 Å². The third kappa shape index (κ3) is 3.14. The predicted molar refractivity (Wildman–Crippen MR) is 96.4 cm³/mol. The Bertz CT molecular complexity index is 1040. The molecule has 1 amide bonds. The van der Waals surface area contributed by atoms with Crippen LogP contribution in [0.15, 0.2) is 67.1 Å². The molecule has 0 aliphatic heterocycles. The van der Waals surface area contributed by atoms with Crippen LogP contribution < -0.4 is 5.32 Å². The summed E-state index contributed by atoms with van der Waals surface area (Å²) in [5.41, 5.74) is 1.69. The molecule has 25 heavy (non-hydrogen) atoms. The van der Waals surface area contributed by atoms with Crippen LogP contribution in [0.25, 0.3) is 10.8 Å². The standard InChI is InChI=1S/C19H17N5O/c1-23-12-16(11-20-23)19(25)21-18-9-10-24(22-18)13-15-7-4-6-14-5-2-3-8-17(14)15/h2-12H,13H2,1H3,(H,21,22,25). The minimum Gasteiger partial charge on any atom is -0.305 e. The second kappa shape index (κ2) is 6.24. The van der Waals surface area contributed by atoms with Crippen molar-refractivity contribution < 1.29 is 4.79 Å². The van der Waals surface area contributed by atoms with Gasteiger partial charge in [0.05, 0.1) is 18.3 Å². The van der Waals surface area contributed by atoms with Gasteiger partial charge in [0.15, 0.2) is 5.82 Å². The van der Waals surface area contributed by atoms with Gasteiger partial charge in [-0.15, -0.1) is 0 Å². The van der Waals surface area contributed by atoms with Gasteiger partial charge in [-0.1, -0.05) is 42.5 Å². The van der Waals surface area contributed by atoms with Crippen LogP contribution in [-0.2, 0) is 13.6 Å². The third-order valence-corrected chi connectivity index (χ3v) is 4.06. The maximum absolute atomic E-state index is 12.2. The summed E-state index contributed by atoms with van der Waals surface area (Å²) in [6.45, 7) is 0.643. The van der Waals surface area contributed by atoms with E-state index in [2.05, 4.69) is 39.8 Å². The Morgan fingerprint density at radius 2 is 1.96 bits per heavy atom. The molecular weight excluding hydrogens is 314 g/mol. The summed E-state index contributed by atoms with van der Waals surface area (Å²) in [5.74, 6) is 0.303. The van der Waals surface area contributed by atoms with Crippen LogP contribution in [-0.4, -0.2) is 25.5 Å². The minimum absolute atomic E-state index is 0.219. The van der Waals surface area contributed by atoms with Crippen molar-refractivity contribution in [3.05, 3.63) is 78.2 Å². The van der Waals surface area contributed by atoms with Gasteiger partial charge >= 0.3 is 0 Å². The van der Waals surface area contributed by atoms with Gasteiger partial charge in [0, 0.05) is 25.5 Å². The van der Waals surface area contributed by atoms with Crippen LogP contribution >= 0.6 is 0 Å². The quantitative estimate of drug-likeness (QED) is 0.625. The second-order valence-electron chi connectivity index (χ2n) is 5.89. The molecular formula is C19H17N5O. The molecule has 6 nitrogen and oxygen atoms in total. The van der Waals surface area contributed by atoms with Gasteiger partial charge in [-0.2, -0.15) is 10.2 Å². The fourth-order valence-electron chi connectivity index (χ4n) is 2.85. The molecule has 4 rings (SSSR count). The highest BCUT2D eigenvalue weighted by Crippen LogP contribution is 2.19.